The Kier molecular flexibility index (Phi) is 6.73. The van der Waals surface area contributed by atoms with Crippen LogP contribution in [0.15, 0.2) is 16.6 Å². The lowest BCUT2D eigenvalue weighted by Crippen LogP contribution is -2.41. The van der Waals surface area contributed by atoms with E-state index in [1.54, 1.807) is 17.0 Å². The third kappa shape index (κ3) is 4.67. The smallest absolute Gasteiger partial charge is 0.254 e. The maximum Gasteiger partial charge on any atom is 0.254 e. The summed E-state index contributed by atoms with van der Waals surface area (Å²) in [6, 6.07) is 3.07. The van der Waals surface area contributed by atoms with E-state index < -0.39 is 9.84 Å². The molecule has 0 aromatic heterocycles. The van der Waals surface area contributed by atoms with E-state index >= 15 is 0 Å². The molecule has 1 atom stereocenters. The zero-order chi connectivity index (χ0) is 18.6. The molecule has 0 bridgehead atoms. The average Bonchev–Trinajstić information content (AvgIpc) is 2.93. The Morgan fingerprint density at radius 1 is 1.36 bits per heavy atom. The van der Waals surface area contributed by atoms with E-state index in [4.69, 9.17) is 9.47 Å². The number of rotatable bonds is 7. The molecule has 1 amide bonds. The Hall–Kier alpha value is -1.28. The highest BCUT2D eigenvalue weighted by Gasteiger charge is 2.35. The Morgan fingerprint density at radius 3 is 2.60 bits per heavy atom. The number of carbonyl (C=O) groups is 1. The highest BCUT2D eigenvalue weighted by Crippen LogP contribution is 2.37. The second kappa shape index (κ2) is 8.40. The molecular weight excluding hydrogens is 410 g/mol. The molecule has 0 N–H and O–H groups in total. The quantitative estimate of drug-likeness (QED) is 0.660. The summed E-state index contributed by atoms with van der Waals surface area (Å²) in [5.74, 6) is 1.00. The Labute approximate surface area is 157 Å². The van der Waals surface area contributed by atoms with Gasteiger partial charge in [0, 0.05) is 18.2 Å². The predicted molar refractivity (Wildman–Crippen MR) is 100 cm³/mol. The van der Waals surface area contributed by atoms with Gasteiger partial charge in [0.15, 0.2) is 21.3 Å². The number of benzene rings is 1. The fourth-order valence-corrected chi connectivity index (χ4v) is 5.29. The van der Waals surface area contributed by atoms with Gasteiger partial charge in [0.1, 0.15) is 0 Å². The lowest BCUT2D eigenvalue weighted by atomic mass is 10.1. The summed E-state index contributed by atoms with van der Waals surface area (Å²) in [5, 5.41) is 0. The molecule has 1 aliphatic rings. The first-order valence-electron chi connectivity index (χ1n) is 8.34. The number of hydrogen-bond acceptors (Lipinski definition) is 5. The summed E-state index contributed by atoms with van der Waals surface area (Å²) >= 11 is 3.43. The average molecular weight is 434 g/mol. The molecule has 0 saturated carbocycles. The molecule has 8 heteroatoms. The van der Waals surface area contributed by atoms with E-state index in [2.05, 4.69) is 15.9 Å². The minimum absolute atomic E-state index is 0.0358. The van der Waals surface area contributed by atoms with Crippen LogP contribution in [-0.4, -0.2) is 57.0 Å². The zero-order valence-electron chi connectivity index (χ0n) is 14.7. The monoisotopic (exact) mass is 433 g/mol. The van der Waals surface area contributed by atoms with E-state index in [0.29, 0.717) is 41.1 Å². The summed E-state index contributed by atoms with van der Waals surface area (Å²) in [7, 11) is -1.54. The molecule has 1 saturated heterocycles. The van der Waals surface area contributed by atoms with Crippen molar-refractivity contribution in [3.63, 3.8) is 0 Å². The van der Waals surface area contributed by atoms with Crippen LogP contribution in [0.5, 0.6) is 11.5 Å². The van der Waals surface area contributed by atoms with Gasteiger partial charge in [-0.25, -0.2) is 8.42 Å². The predicted octanol–water partition coefficient (Wildman–Crippen LogP) is 2.90. The third-order valence-electron chi connectivity index (χ3n) is 4.14. The summed E-state index contributed by atoms with van der Waals surface area (Å²) in [4.78, 5) is 14.7. The molecule has 0 aliphatic carbocycles. The standard InChI is InChI=1S/C17H24BrNO5S/c1-4-7-19(13-6-8-25(21,22)11-13)17(20)12-9-14(18)16(24-5-2)15(10-12)23-3/h9-10,13H,4-8,11H2,1-3H3. The minimum Gasteiger partial charge on any atom is -0.493 e. The van der Waals surface area contributed by atoms with E-state index in [0.717, 1.165) is 6.42 Å². The molecular formula is C17H24BrNO5S. The van der Waals surface area contributed by atoms with Gasteiger partial charge in [-0.2, -0.15) is 0 Å². The number of nitrogens with zero attached hydrogens (tertiary/aromatic N) is 1. The van der Waals surface area contributed by atoms with Crippen LogP contribution >= 0.6 is 15.9 Å². The summed E-state index contributed by atoms with van der Waals surface area (Å²) in [6.07, 6.45) is 1.25. The lowest BCUT2D eigenvalue weighted by Gasteiger charge is -2.28. The SMILES string of the molecule is CCCN(C(=O)c1cc(Br)c(OCC)c(OC)c1)C1CCS(=O)(=O)C1. The molecule has 1 aliphatic heterocycles. The number of sulfone groups is 1. The molecule has 2 rings (SSSR count). The van der Waals surface area contributed by atoms with E-state index in [-0.39, 0.29) is 23.5 Å². The van der Waals surface area contributed by atoms with Gasteiger partial charge >= 0.3 is 0 Å². The first-order valence-corrected chi connectivity index (χ1v) is 11.0. The van der Waals surface area contributed by atoms with Crippen LogP contribution in [-0.2, 0) is 9.84 Å². The largest absolute Gasteiger partial charge is 0.493 e. The van der Waals surface area contributed by atoms with E-state index in [1.807, 2.05) is 13.8 Å². The number of methoxy groups -OCH3 is 1. The van der Waals surface area contributed by atoms with Crippen molar-refractivity contribution >= 4 is 31.7 Å². The molecule has 1 aromatic carbocycles. The first-order chi connectivity index (χ1) is 11.8. The van der Waals surface area contributed by atoms with Gasteiger partial charge in [0.05, 0.1) is 29.7 Å². The van der Waals surface area contributed by atoms with E-state index in [1.165, 1.54) is 7.11 Å². The maximum absolute atomic E-state index is 13.0. The number of amides is 1. The van der Waals surface area contributed by atoms with Crippen molar-refractivity contribution in [3.8, 4) is 11.5 Å². The lowest BCUT2D eigenvalue weighted by molar-refractivity contribution is 0.0696. The van der Waals surface area contributed by atoms with Gasteiger partial charge in [-0.15, -0.1) is 0 Å². The highest BCUT2D eigenvalue weighted by molar-refractivity contribution is 9.10. The summed E-state index contributed by atoms with van der Waals surface area (Å²) in [6.45, 7) is 4.84. The van der Waals surface area contributed by atoms with Crippen molar-refractivity contribution in [2.24, 2.45) is 0 Å². The van der Waals surface area contributed by atoms with Gasteiger partial charge < -0.3 is 14.4 Å². The fourth-order valence-electron chi connectivity index (χ4n) is 3.01. The number of halogens is 1. The normalized spacial score (nSPS) is 18.8. The zero-order valence-corrected chi connectivity index (χ0v) is 17.2. The molecule has 1 aromatic rings. The molecule has 140 valence electrons. The van der Waals surface area contributed by atoms with Crippen LogP contribution in [0.4, 0.5) is 0 Å². The number of carbonyl (C=O) groups excluding carboxylic acids is 1. The van der Waals surface area contributed by atoms with E-state index in [9.17, 15) is 13.2 Å². The Bertz CT molecular complexity index is 735. The maximum atomic E-state index is 13.0. The van der Waals surface area contributed by atoms with Crippen LogP contribution < -0.4 is 9.47 Å². The van der Waals surface area contributed by atoms with Crippen molar-refractivity contribution in [1.29, 1.82) is 0 Å². The van der Waals surface area contributed by atoms with Gasteiger partial charge in [-0.3, -0.25) is 4.79 Å². The topological polar surface area (TPSA) is 72.9 Å². The highest BCUT2D eigenvalue weighted by atomic mass is 79.9. The Balaban J connectivity index is 2.34. The van der Waals surface area contributed by atoms with Crippen LogP contribution in [0.25, 0.3) is 0 Å². The van der Waals surface area contributed by atoms with Crippen molar-refractivity contribution in [1.82, 2.24) is 4.90 Å². The van der Waals surface area contributed by atoms with Crippen LogP contribution in [0, 0.1) is 0 Å². The van der Waals surface area contributed by atoms with Gasteiger partial charge in [-0.05, 0) is 47.8 Å². The number of hydrogen-bond donors (Lipinski definition) is 0. The van der Waals surface area contributed by atoms with Crippen molar-refractivity contribution in [3.05, 3.63) is 22.2 Å². The molecule has 6 nitrogen and oxygen atoms in total. The summed E-state index contributed by atoms with van der Waals surface area (Å²) in [5.41, 5.74) is 0.449. The third-order valence-corrected chi connectivity index (χ3v) is 6.48. The van der Waals surface area contributed by atoms with Crippen molar-refractivity contribution in [2.45, 2.75) is 32.7 Å². The minimum atomic E-state index is -3.06. The second-order valence-electron chi connectivity index (χ2n) is 5.98. The molecule has 25 heavy (non-hydrogen) atoms. The molecule has 0 spiro atoms. The first kappa shape index (κ1) is 20.0. The van der Waals surface area contributed by atoms with Gasteiger partial charge in [0.25, 0.3) is 5.91 Å². The molecule has 0 radical (unpaired) electrons. The summed E-state index contributed by atoms with van der Waals surface area (Å²) < 4.78 is 35.1. The van der Waals surface area contributed by atoms with Crippen LogP contribution in [0.3, 0.4) is 0 Å². The fraction of sp³-hybridized carbons (Fsp3) is 0.588. The van der Waals surface area contributed by atoms with Gasteiger partial charge in [0.2, 0.25) is 0 Å². The Morgan fingerprint density at radius 2 is 2.08 bits per heavy atom. The van der Waals surface area contributed by atoms with Crippen molar-refractivity contribution in [2.75, 3.05) is 31.8 Å². The molecule has 1 heterocycles. The number of ether oxygens (including phenoxy) is 2. The van der Waals surface area contributed by atoms with Gasteiger partial charge in [-0.1, -0.05) is 6.92 Å². The molecule has 1 unspecified atom stereocenters. The van der Waals surface area contributed by atoms with Crippen LogP contribution in [0.2, 0.25) is 0 Å². The van der Waals surface area contributed by atoms with Crippen LogP contribution in [0.1, 0.15) is 37.0 Å². The molecule has 1 fully saturated rings. The van der Waals surface area contributed by atoms with Crippen molar-refractivity contribution < 1.29 is 22.7 Å². The second-order valence-corrected chi connectivity index (χ2v) is 9.06.